The number of nitrogens with zero attached hydrogens (tertiary/aromatic N) is 4. The van der Waals surface area contributed by atoms with E-state index in [1.54, 1.807) is 23.6 Å². The molecule has 8 heteroatoms. The highest BCUT2D eigenvalue weighted by atomic mass is 32.1. The molecule has 0 aliphatic carbocycles. The van der Waals surface area contributed by atoms with Crippen LogP contribution in [0.15, 0.2) is 40.1 Å². The molecule has 1 atom stereocenters. The lowest BCUT2D eigenvalue weighted by molar-refractivity contribution is -0.136. The van der Waals surface area contributed by atoms with Crippen molar-refractivity contribution in [2.75, 3.05) is 13.1 Å². The molecule has 1 unspecified atom stereocenters. The van der Waals surface area contributed by atoms with E-state index in [-0.39, 0.29) is 17.4 Å². The zero-order valence-corrected chi connectivity index (χ0v) is 18.2. The first-order chi connectivity index (χ1) is 14.5. The predicted molar refractivity (Wildman–Crippen MR) is 117 cm³/mol. The van der Waals surface area contributed by atoms with Crippen molar-refractivity contribution in [1.29, 1.82) is 0 Å². The average Bonchev–Trinajstić information content (AvgIpc) is 3.40. The minimum Gasteiger partial charge on any atom is -0.342 e. The van der Waals surface area contributed by atoms with Gasteiger partial charge in [0.25, 0.3) is 5.56 Å². The second-order valence-electron chi connectivity index (χ2n) is 8.09. The highest BCUT2D eigenvalue weighted by Crippen LogP contribution is 2.23. The summed E-state index contributed by atoms with van der Waals surface area (Å²) in [4.78, 5) is 38.7. The second-order valence-corrected chi connectivity index (χ2v) is 8.87. The summed E-state index contributed by atoms with van der Waals surface area (Å²) in [5.41, 5.74) is 1.60. The summed E-state index contributed by atoms with van der Waals surface area (Å²) in [5, 5.41) is 3.99. The number of likely N-dealkylation sites (tertiary alicyclic amines) is 1. The number of thiophene rings is 1. The first-order valence-corrected chi connectivity index (χ1v) is 11.3. The third-order valence-corrected chi connectivity index (χ3v) is 6.51. The Morgan fingerprint density at radius 3 is 2.83 bits per heavy atom. The van der Waals surface area contributed by atoms with E-state index in [0.29, 0.717) is 12.5 Å². The fourth-order valence-electron chi connectivity index (χ4n) is 4.08. The van der Waals surface area contributed by atoms with Crippen molar-refractivity contribution in [3.8, 4) is 11.3 Å². The number of amides is 1. The zero-order valence-electron chi connectivity index (χ0n) is 17.4. The maximum absolute atomic E-state index is 12.9. The van der Waals surface area contributed by atoms with E-state index in [1.165, 1.54) is 0 Å². The monoisotopic (exact) mass is 425 g/mol. The Hall–Kier alpha value is -2.74. The summed E-state index contributed by atoms with van der Waals surface area (Å²) in [6, 6.07) is 3.53. The second kappa shape index (κ2) is 8.95. The lowest BCUT2D eigenvalue weighted by Crippen LogP contribution is -2.42. The van der Waals surface area contributed by atoms with Gasteiger partial charge in [0.05, 0.1) is 11.6 Å². The van der Waals surface area contributed by atoms with Gasteiger partial charge in [0.15, 0.2) is 0 Å². The van der Waals surface area contributed by atoms with E-state index in [4.69, 9.17) is 0 Å². The average molecular weight is 426 g/mol. The van der Waals surface area contributed by atoms with Crippen molar-refractivity contribution in [3.05, 3.63) is 57.3 Å². The molecule has 1 N–H and O–H groups in total. The van der Waals surface area contributed by atoms with Gasteiger partial charge in [0, 0.05) is 55.5 Å². The first kappa shape index (κ1) is 20.5. The number of imidazole rings is 1. The summed E-state index contributed by atoms with van der Waals surface area (Å²) < 4.78 is 2.03. The Morgan fingerprint density at radius 2 is 2.17 bits per heavy atom. The number of nitrogens with one attached hydrogen (secondary N) is 1. The van der Waals surface area contributed by atoms with Crippen LogP contribution in [-0.2, 0) is 17.8 Å². The van der Waals surface area contributed by atoms with Gasteiger partial charge in [-0.05, 0) is 37.1 Å². The Labute approximate surface area is 179 Å². The molecular formula is C22H27N5O2S. The van der Waals surface area contributed by atoms with E-state index >= 15 is 0 Å². The van der Waals surface area contributed by atoms with Gasteiger partial charge >= 0.3 is 0 Å². The molecule has 3 aromatic rings. The van der Waals surface area contributed by atoms with Crippen molar-refractivity contribution >= 4 is 17.2 Å². The molecule has 0 spiro atoms. The van der Waals surface area contributed by atoms with Gasteiger partial charge in [-0.25, -0.2) is 9.97 Å². The zero-order chi connectivity index (χ0) is 21.1. The number of aromatic nitrogens is 4. The molecule has 1 fully saturated rings. The lowest BCUT2D eigenvalue weighted by atomic mass is 9.92. The van der Waals surface area contributed by atoms with Gasteiger partial charge in [0.2, 0.25) is 5.91 Å². The highest BCUT2D eigenvalue weighted by Gasteiger charge is 2.27. The summed E-state index contributed by atoms with van der Waals surface area (Å²) >= 11 is 1.59. The van der Waals surface area contributed by atoms with E-state index in [1.807, 2.05) is 46.3 Å². The normalized spacial score (nSPS) is 16.0. The van der Waals surface area contributed by atoms with Crippen LogP contribution in [-0.4, -0.2) is 43.4 Å². The number of aryl methyl sites for hydroxylation is 1. The Kier molecular flexibility index (Phi) is 6.13. The Bertz CT molecular complexity index is 1050. The molecule has 0 saturated carbocycles. The van der Waals surface area contributed by atoms with Crippen LogP contribution in [0.25, 0.3) is 11.3 Å². The lowest BCUT2D eigenvalue weighted by Gasteiger charge is -2.33. The molecular weight excluding hydrogens is 398 g/mol. The molecule has 1 saturated heterocycles. The number of hydrogen-bond donors (Lipinski definition) is 1. The summed E-state index contributed by atoms with van der Waals surface area (Å²) in [6.07, 6.45) is 6.27. The SMILES string of the molecule is Cc1nccn1CC(C)C(=O)N1CCC(Cc2nc(-c3ccsc3)cc(=O)[nH]2)CC1. The Balaban J connectivity index is 1.33. The quantitative estimate of drug-likeness (QED) is 0.658. The maximum atomic E-state index is 12.9. The smallest absolute Gasteiger partial charge is 0.251 e. The van der Waals surface area contributed by atoms with Gasteiger partial charge < -0.3 is 14.5 Å². The number of carbonyl (C=O) groups is 1. The minimum atomic E-state index is -0.113. The number of carbonyl (C=O) groups excluding carboxylic acids is 1. The minimum absolute atomic E-state index is 0.0743. The number of hydrogen-bond acceptors (Lipinski definition) is 5. The molecule has 0 bridgehead atoms. The molecule has 3 aromatic heterocycles. The molecule has 158 valence electrons. The molecule has 7 nitrogen and oxygen atoms in total. The number of rotatable bonds is 6. The number of H-pyrrole nitrogens is 1. The standard InChI is InChI=1S/C22H27N5O2S/c1-15(13-27-9-6-23-16(27)2)22(29)26-7-3-17(4-8-26)11-20-24-19(12-21(28)25-20)18-5-10-30-14-18/h5-6,9-10,12,14-15,17H,3-4,7-8,11,13H2,1-2H3,(H,24,25,28). The summed E-state index contributed by atoms with van der Waals surface area (Å²) in [6.45, 7) is 6.11. The van der Waals surface area contributed by atoms with Crippen LogP contribution in [0, 0.1) is 18.8 Å². The largest absolute Gasteiger partial charge is 0.342 e. The fraction of sp³-hybridized carbons (Fsp3) is 0.455. The van der Waals surface area contributed by atoms with Crippen LogP contribution in [0.4, 0.5) is 0 Å². The topological polar surface area (TPSA) is 83.9 Å². The van der Waals surface area contributed by atoms with Gasteiger partial charge in [-0.2, -0.15) is 11.3 Å². The molecule has 0 aromatic carbocycles. The number of piperidine rings is 1. The number of aromatic amines is 1. The van der Waals surface area contributed by atoms with Crippen molar-refractivity contribution in [2.45, 2.75) is 39.7 Å². The maximum Gasteiger partial charge on any atom is 0.251 e. The molecule has 4 rings (SSSR count). The van der Waals surface area contributed by atoms with Crippen LogP contribution in [0.5, 0.6) is 0 Å². The molecule has 30 heavy (non-hydrogen) atoms. The van der Waals surface area contributed by atoms with E-state index in [2.05, 4.69) is 15.0 Å². The third-order valence-electron chi connectivity index (χ3n) is 5.83. The summed E-state index contributed by atoms with van der Waals surface area (Å²) in [5.74, 6) is 2.21. The fourth-order valence-corrected chi connectivity index (χ4v) is 4.72. The molecule has 4 heterocycles. The van der Waals surface area contributed by atoms with Crippen LogP contribution in [0.3, 0.4) is 0 Å². The van der Waals surface area contributed by atoms with Crippen LogP contribution < -0.4 is 5.56 Å². The molecule has 1 amide bonds. The van der Waals surface area contributed by atoms with Crippen molar-refractivity contribution < 1.29 is 4.79 Å². The highest BCUT2D eigenvalue weighted by molar-refractivity contribution is 7.08. The van der Waals surface area contributed by atoms with Crippen LogP contribution in [0.2, 0.25) is 0 Å². The van der Waals surface area contributed by atoms with Crippen molar-refractivity contribution in [1.82, 2.24) is 24.4 Å². The van der Waals surface area contributed by atoms with Gasteiger partial charge in [-0.1, -0.05) is 6.92 Å². The van der Waals surface area contributed by atoms with Crippen molar-refractivity contribution in [2.24, 2.45) is 11.8 Å². The molecule has 1 aliphatic rings. The predicted octanol–water partition coefficient (Wildman–Crippen LogP) is 3.12. The third kappa shape index (κ3) is 4.70. The van der Waals surface area contributed by atoms with Crippen LogP contribution in [0.1, 0.15) is 31.4 Å². The Morgan fingerprint density at radius 1 is 1.37 bits per heavy atom. The van der Waals surface area contributed by atoms with Crippen molar-refractivity contribution in [3.63, 3.8) is 0 Å². The summed E-state index contributed by atoms with van der Waals surface area (Å²) in [7, 11) is 0. The van der Waals surface area contributed by atoms with Crippen LogP contribution >= 0.6 is 11.3 Å². The molecule has 0 radical (unpaired) electrons. The van der Waals surface area contributed by atoms with Gasteiger partial charge in [-0.15, -0.1) is 0 Å². The van der Waals surface area contributed by atoms with Gasteiger partial charge in [-0.3, -0.25) is 9.59 Å². The molecule has 1 aliphatic heterocycles. The first-order valence-electron chi connectivity index (χ1n) is 10.4. The van der Waals surface area contributed by atoms with Gasteiger partial charge in [0.1, 0.15) is 11.6 Å². The van der Waals surface area contributed by atoms with E-state index in [9.17, 15) is 9.59 Å². The van der Waals surface area contributed by atoms with E-state index in [0.717, 1.165) is 55.3 Å². The van der Waals surface area contributed by atoms with E-state index < -0.39 is 0 Å².